The SMILES string of the molecule is CC(C)C1=CCN[C@@H](C(F)F)CC1. The van der Waals surface area contributed by atoms with E-state index in [1.165, 1.54) is 5.57 Å². The minimum atomic E-state index is -2.24. The van der Waals surface area contributed by atoms with Crippen molar-refractivity contribution in [1.29, 1.82) is 0 Å². The molecule has 0 aromatic rings. The third-order valence-electron chi connectivity index (χ3n) is 2.53. The molecule has 0 amide bonds. The van der Waals surface area contributed by atoms with E-state index >= 15 is 0 Å². The maximum absolute atomic E-state index is 12.3. The van der Waals surface area contributed by atoms with Gasteiger partial charge < -0.3 is 5.32 Å². The van der Waals surface area contributed by atoms with Crippen molar-refractivity contribution >= 4 is 0 Å². The molecular formula is C10H17F2N. The molecule has 0 spiro atoms. The summed E-state index contributed by atoms with van der Waals surface area (Å²) in [6.07, 6.45) is 1.17. The quantitative estimate of drug-likeness (QED) is 0.658. The van der Waals surface area contributed by atoms with E-state index in [0.29, 0.717) is 18.9 Å². The molecule has 1 heterocycles. The summed E-state index contributed by atoms with van der Waals surface area (Å²) in [5.41, 5.74) is 1.30. The standard InChI is InChI=1S/C10H17F2N/c1-7(2)8-3-4-9(10(11)12)13-6-5-8/h5,7,9-10,13H,3-4,6H2,1-2H3/t9-/m1/s1. The van der Waals surface area contributed by atoms with Crippen molar-refractivity contribution < 1.29 is 8.78 Å². The van der Waals surface area contributed by atoms with Crippen LogP contribution < -0.4 is 5.32 Å². The number of nitrogens with one attached hydrogen (secondary N) is 1. The van der Waals surface area contributed by atoms with Crippen LogP contribution in [-0.4, -0.2) is 19.0 Å². The zero-order chi connectivity index (χ0) is 9.84. The Labute approximate surface area is 78.2 Å². The number of halogens is 2. The molecule has 3 heteroatoms. The van der Waals surface area contributed by atoms with E-state index in [2.05, 4.69) is 19.2 Å². The maximum atomic E-state index is 12.3. The Kier molecular flexibility index (Phi) is 3.85. The topological polar surface area (TPSA) is 12.0 Å². The van der Waals surface area contributed by atoms with Crippen LogP contribution in [0, 0.1) is 5.92 Å². The monoisotopic (exact) mass is 189 g/mol. The Morgan fingerprint density at radius 2 is 2.15 bits per heavy atom. The van der Waals surface area contributed by atoms with Crippen molar-refractivity contribution in [3.63, 3.8) is 0 Å². The summed E-state index contributed by atoms with van der Waals surface area (Å²) in [5, 5.41) is 2.84. The average Bonchev–Trinajstić information content (AvgIpc) is 2.27. The molecule has 0 aromatic carbocycles. The highest BCUT2D eigenvalue weighted by molar-refractivity contribution is 5.08. The fraction of sp³-hybridized carbons (Fsp3) is 0.800. The minimum Gasteiger partial charge on any atom is -0.305 e. The molecule has 76 valence electrons. The highest BCUT2D eigenvalue weighted by Gasteiger charge is 2.21. The predicted molar refractivity (Wildman–Crippen MR) is 49.9 cm³/mol. The lowest BCUT2D eigenvalue weighted by Gasteiger charge is -2.14. The van der Waals surface area contributed by atoms with Gasteiger partial charge in [0, 0.05) is 6.54 Å². The highest BCUT2D eigenvalue weighted by atomic mass is 19.3. The van der Waals surface area contributed by atoms with Crippen LogP contribution in [0.5, 0.6) is 0 Å². The first-order valence-electron chi connectivity index (χ1n) is 4.81. The van der Waals surface area contributed by atoms with E-state index in [4.69, 9.17) is 0 Å². The molecule has 1 aliphatic heterocycles. The highest BCUT2D eigenvalue weighted by Crippen LogP contribution is 2.21. The molecule has 0 bridgehead atoms. The van der Waals surface area contributed by atoms with Crippen LogP contribution in [0.1, 0.15) is 26.7 Å². The summed E-state index contributed by atoms with van der Waals surface area (Å²) in [6, 6.07) is -0.618. The van der Waals surface area contributed by atoms with E-state index in [1.54, 1.807) is 0 Å². The molecule has 13 heavy (non-hydrogen) atoms. The summed E-state index contributed by atoms with van der Waals surface area (Å²) in [5.74, 6) is 0.484. The van der Waals surface area contributed by atoms with Gasteiger partial charge in [-0.05, 0) is 18.8 Å². The molecule has 0 saturated heterocycles. The number of alkyl halides is 2. The van der Waals surface area contributed by atoms with Crippen LogP contribution in [0.15, 0.2) is 11.6 Å². The Hall–Kier alpha value is -0.440. The van der Waals surface area contributed by atoms with Crippen molar-refractivity contribution in [3.05, 3.63) is 11.6 Å². The maximum Gasteiger partial charge on any atom is 0.253 e. The molecule has 0 aromatic heterocycles. The zero-order valence-electron chi connectivity index (χ0n) is 8.19. The predicted octanol–water partition coefficient (Wildman–Crippen LogP) is 2.59. The molecule has 1 N–H and O–H groups in total. The fourth-order valence-electron chi connectivity index (χ4n) is 1.61. The third-order valence-corrected chi connectivity index (χ3v) is 2.53. The van der Waals surface area contributed by atoms with Gasteiger partial charge in [0.1, 0.15) is 0 Å². The summed E-state index contributed by atoms with van der Waals surface area (Å²) in [4.78, 5) is 0. The molecule has 0 saturated carbocycles. The second kappa shape index (κ2) is 4.70. The van der Waals surface area contributed by atoms with Gasteiger partial charge in [-0.15, -0.1) is 0 Å². The molecule has 1 aliphatic rings. The van der Waals surface area contributed by atoms with Gasteiger partial charge in [0.2, 0.25) is 0 Å². The molecule has 0 radical (unpaired) electrons. The number of hydrogen-bond acceptors (Lipinski definition) is 1. The van der Waals surface area contributed by atoms with E-state index in [-0.39, 0.29) is 0 Å². The second-order valence-electron chi connectivity index (χ2n) is 3.82. The lowest BCUT2D eigenvalue weighted by atomic mass is 9.97. The van der Waals surface area contributed by atoms with Crippen LogP contribution >= 0.6 is 0 Å². The Balaban J connectivity index is 2.48. The summed E-state index contributed by atoms with van der Waals surface area (Å²) in [6.45, 7) is 4.80. The van der Waals surface area contributed by atoms with Gasteiger partial charge in [-0.1, -0.05) is 25.5 Å². The second-order valence-corrected chi connectivity index (χ2v) is 3.82. The molecule has 0 fully saturated rings. The summed E-state index contributed by atoms with van der Waals surface area (Å²) >= 11 is 0. The van der Waals surface area contributed by atoms with Crippen LogP contribution in [0.25, 0.3) is 0 Å². The Morgan fingerprint density at radius 3 is 2.69 bits per heavy atom. The van der Waals surface area contributed by atoms with Gasteiger partial charge in [0.15, 0.2) is 0 Å². The smallest absolute Gasteiger partial charge is 0.253 e. The van der Waals surface area contributed by atoms with Gasteiger partial charge in [0.05, 0.1) is 6.04 Å². The van der Waals surface area contributed by atoms with Gasteiger partial charge >= 0.3 is 0 Å². The van der Waals surface area contributed by atoms with Crippen molar-refractivity contribution in [2.75, 3.05) is 6.54 Å². The lowest BCUT2D eigenvalue weighted by molar-refractivity contribution is 0.0969. The molecule has 1 rings (SSSR count). The first-order chi connectivity index (χ1) is 6.11. The van der Waals surface area contributed by atoms with E-state index < -0.39 is 12.5 Å². The van der Waals surface area contributed by atoms with Crippen molar-refractivity contribution in [3.8, 4) is 0 Å². The van der Waals surface area contributed by atoms with Gasteiger partial charge in [-0.2, -0.15) is 0 Å². The number of allylic oxidation sites excluding steroid dienone is 1. The molecular weight excluding hydrogens is 172 g/mol. The van der Waals surface area contributed by atoms with E-state index in [1.807, 2.05) is 6.08 Å². The molecule has 1 atom stereocenters. The van der Waals surface area contributed by atoms with Crippen LogP contribution in [0.2, 0.25) is 0 Å². The van der Waals surface area contributed by atoms with E-state index in [9.17, 15) is 8.78 Å². The van der Waals surface area contributed by atoms with Crippen molar-refractivity contribution in [1.82, 2.24) is 5.32 Å². The summed E-state index contributed by atoms with van der Waals surface area (Å²) in [7, 11) is 0. The minimum absolute atomic E-state index is 0.484. The first kappa shape index (κ1) is 10.6. The Morgan fingerprint density at radius 1 is 1.46 bits per heavy atom. The largest absolute Gasteiger partial charge is 0.305 e. The lowest BCUT2D eigenvalue weighted by Crippen LogP contribution is -2.34. The third kappa shape index (κ3) is 3.07. The first-order valence-corrected chi connectivity index (χ1v) is 4.81. The average molecular weight is 189 g/mol. The van der Waals surface area contributed by atoms with Crippen LogP contribution in [0.4, 0.5) is 8.78 Å². The van der Waals surface area contributed by atoms with Gasteiger partial charge in [-0.3, -0.25) is 0 Å². The normalized spacial score (nSPS) is 24.8. The Bertz CT molecular complexity index is 187. The van der Waals surface area contributed by atoms with Crippen molar-refractivity contribution in [2.24, 2.45) is 5.92 Å². The fourth-order valence-corrected chi connectivity index (χ4v) is 1.61. The van der Waals surface area contributed by atoms with Crippen molar-refractivity contribution in [2.45, 2.75) is 39.2 Å². The van der Waals surface area contributed by atoms with Crippen LogP contribution in [-0.2, 0) is 0 Å². The van der Waals surface area contributed by atoms with E-state index in [0.717, 1.165) is 6.42 Å². The summed E-state index contributed by atoms with van der Waals surface area (Å²) < 4.78 is 24.7. The van der Waals surface area contributed by atoms with Gasteiger partial charge in [0.25, 0.3) is 6.43 Å². The van der Waals surface area contributed by atoms with Crippen LogP contribution in [0.3, 0.4) is 0 Å². The molecule has 0 unspecified atom stereocenters. The zero-order valence-corrected chi connectivity index (χ0v) is 8.19. The number of hydrogen-bond donors (Lipinski definition) is 1. The molecule has 1 nitrogen and oxygen atoms in total. The number of rotatable bonds is 2. The molecule has 0 aliphatic carbocycles. The van der Waals surface area contributed by atoms with Gasteiger partial charge in [-0.25, -0.2) is 8.78 Å².